The highest BCUT2D eigenvalue weighted by Crippen LogP contribution is 2.19. The first kappa shape index (κ1) is 18.6. The molecule has 0 saturated heterocycles. The number of benzene rings is 1. The number of carbonyl (C=O) groups excluding carboxylic acids is 3. The molecule has 1 aromatic rings. The molecule has 0 fully saturated rings. The van der Waals surface area contributed by atoms with Crippen molar-refractivity contribution in [3.8, 4) is 5.75 Å². The van der Waals surface area contributed by atoms with Crippen LogP contribution in [-0.2, 0) is 14.3 Å². The van der Waals surface area contributed by atoms with E-state index in [0.29, 0.717) is 12.8 Å². The quantitative estimate of drug-likeness (QED) is 0.237. The SMILES string of the molecule is COC(=O)c1ccccc1OC(=O)CCCCCCC(=O)NO. The molecule has 1 amide bonds. The van der Waals surface area contributed by atoms with Crippen LogP contribution in [0.4, 0.5) is 0 Å². The van der Waals surface area contributed by atoms with E-state index >= 15 is 0 Å². The summed E-state index contributed by atoms with van der Waals surface area (Å²) < 4.78 is 9.83. The number of methoxy groups -OCH3 is 1. The summed E-state index contributed by atoms with van der Waals surface area (Å²) in [5, 5.41) is 8.34. The zero-order valence-electron chi connectivity index (χ0n) is 13.0. The minimum atomic E-state index is -0.560. The fraction of sp³-hybridized carbons (Fsp3) is 0.438. The smallest absolute Gasteiger partial charge is 0.341 e. The van der Waals surface area contributed by atoms with Crippen molar-refractivity contribution in [3.63, 3.8) is 0 Å². The van der Waals surface area contributed by atoms with Crippen LogP contribution in [0.2, 0.25) is 0 Å². The highest BCUT2D eigenvalue weighted by molar-refractivity contribution is 5.93. The molecule has 1 rings (SSSR count). The van der Waals surface area contributed by atoms with Crippen molar-refractivity contribution in [3.05, 3.63) is 29.8 Å². The summed E-state index contributed by atoms with van der Waals surface area (Å²) in [6.07, 6.45) is 3.30. The van der Waals surface area contributed by atoms with Crippen molar-refractivity contribution < 1.29 is 29.1 Å². The van der Waals surface area contributed by atoms with Crippen LogP contribution < -0.4 is 10.2 Å². The Hall–Kier alpha value is -2.41. The first-order chi connectivity index (χ1) is 11.1. The second-order valence-electron chi connectivity index (χ2n) is 4.91. The molecule has 7 heteroatoms. The molecule has 0 atom stereocenters. The Bertz CT molecular complexity index is 543. The van der Waals surface area contributed by atoms with Crippen LogP contribution >= 0.6 is 0 Å². The summed E-state index contributed by atoms with van der Waals surface area (Å²) in [6.45, 7) is 0. The summed E-state index contributed by atoms with van der Waals surface area (Å²) in [6, 6.07) is 6.39. The summed E-state index contributed by atoms with van der Waals surface area (Å²) in [5.74, 6) is -1.21. The van der Waals surface area contributed by atoms with Crippen LogP contribution in [0.25, 0.3) is 0 Å². The van der Waals surface area contributed by atoms with Crippen LogP contribution in [0, 0.1) is 0 Å². The van der Waals surface area contributed by atoms with E-state index in [0.717, 1.165) is 12.8 Å². The number of carbonyl (C=O) groups is 3. The Morgan fingerprint density at radius 2 is 1.70 bits per heavy atom. The second kappa shape index (κ2) is 10.3. The van der Waals surface area contributed by atoms with Gasteiger partial charge in [0.25, 0.3) is 0 Å². The first-order valence-electron chi connectivity index (χ1n) is 7.39. The molecule has 0 saturated carbocycles. The van der Waals surface area contributed by atoms with Gasteiger partial charge in [0.15, 0.2) is 0 Å². The summed E-state index contributed by atoms with van der Waals surface area (Å²) in [5.41, 5.74) is 1.78. The van der Waals surface area contributed by atoms with Crippen LogP contribution in [0.3, 0.4) is 0 Å². The number of unbranched alkanes of at least 4 members (excludes halogenated alkanes) is 3. The highest BCUT2D eigenvalue weighted by Gasteiger charge is 2.14. The molecule has 0 bridgehead atoms. The Morgan fingerprint density at radius 3 is 2.35 bits per heavy atom. The molecule has 0 aliphatic heterocycles. The maximum atomic E-state index is 11.8. The lowest BCUT2D eigenvalue weighted by molar-refractivity contribution is -0.134. The van der Waals surface area contributed by atoms with Gasteiger partial charge < -0.3 is 9.47 Å². The third-order valence-electron chi connectivity index (χ3n) is 3.18. The highest BCUT2D eigenvalue weighted by atomic mass is 16.5. The number of hydrogen-bond acceptors (Lipinski definition) is 6. The molecule has 23 heavy (non-hydrogen) atoms. The van der Waals surface area contributed by atoms with Crippen molar-refractivity contribution in [2.75, 3.05) is 7.11 Å². The molecular weight excluding hydrogens is 302 g/mol. The molecule has 0 aliphatic carbocycles. The topological polar surface area (TPSA) is 102 Å². The maximum Gasteiger partial charge on any atom is 0.341 e. The third-order valence-corrected chi connectivity index (χ3v) is 3.18. The zero-order chi connectivity index (χ0) is 17.1. The summed E-state index contributed by atoms with van der Waals surface area (Å²) >= 11 is 0. The fourth-order valence-corrected chi connectivity index (χ4v) is 1.97. The standard InChI is InChI=1S/C16H21NO6/c1-22-16(20)12-8-6-7-9-13(12)23-15(19)11-5-3-2-4-10-14(18)17-21/h6-9,21H,2-5,10-11H2,1H3,(H,17,18). The van der Waals surface area contributed by atoms with E-state index < -0.39 is 17.8 Å². The van der Waals surface area contributed by atoms with Gasteiger partial charge in [-0.25, -0.2) is 10.3 Å². The van der Waals surface area contributed by atoms with Gasteiger partial charge in [-0.2, -0.15) is 0 Å². The number of hydroxylamine groups is 1. The molecule has 0 aromatic heterocycles. The molecule has 7 nitrogen and oxygen atoms in total. The van der Waals surface area contributed by atoms with E-state index in [2.05, 4.69) is 4.74 Å². The summed E-state index contributed by atoms with van der Waals surface area (Å²) in [7, 11) is 1.26. The van der Waals surface area contributed by atoms with E-state index in [9.17, 15) is 14.4 Å². The van der Waals surface area contributed by atoms with Crippen LogP contribution in [0.15, 0.2) is 24.3 Å². The van der Waals surface area contributed by atoms with Gasteiger partial charge in [-0.15, -0.1) is 0 Å². The predicted octanol–water partition coefficient (Wildman–Crippen LogP) is 2.22. The second-order valence-corrected chi connectivity index (χ2v) is 4.91. The Morgan fingerprint density at radius 1 is 1.04 bits per heavy atom. The largest absolute Gasteiger partial charge is 0.465 e. The lowest BCUT2D eigenvalue weighted by Gasteiger charge is -2.08. The number of rotatable bonds is 9. The average Bonchev–Trinajstić information content (AvgIpc) is 2.57. The number of nitrogens with one attached hydrogen (secondary N) is 1. The number of hydrogen-bond donors (Lipinski definition) is 2. The van der Waals surface area contributed by atoms with E-state index in [1.807, 2.05) is 0 Å². The number of ether oxygens (including phenoxy) is 2. The zero-order valence-corrected chi connectivity index (χ0v) is 13.0. The lowest BCUT2D eigenvalue weighted by Crippen LogP contribution is -2.17. The molecule has 0 spiro atoms. The maximum absolute atomic E-state index is 11.8. The Balaban J connectivity index is 2.32. The van der Waals surface area contributed by atoms with E-state index in [-0.39, 0.29) is 24.2 Å². The van der Waals surface area contributed by atoms with Crippen LogP contribution in [-0.4, -0.2) is 30.2 Å². The first-order valence-corrected chi connectivity index (χ1v) is 7.39. The van der Waals surface area contributed by atoms with Crippen molar-refractivity contribution in [1.82, 2.24) is 5.48 Å². The van der Waals surface area contributed by atoms with Crippen molar-refractivity contribution >= 4 is 17.8 Å². The van der Waals surface area contributed by atoms with Gasteiger partial charge in [0, 0.05) is 12.8 Å². The van der Waals surface area contributed by atoms with Crippen LogP contribution in [0.1, 0.15) is 48.9 Å². The molecule has 0 aliphatic rings. The van der Waals surface area contributed by atoms with Gasteiger partial charge in [-0.3, -0.25) is 14.8 Å². The van der Waals surface area contributed by atoms with Gasteiger partial charge in [0.05, 0.1) is 7.11 Å². The molecule has 2 N–H and O–H groups in total. The average molecular weight is 323 g/mol. The lowest BCUT2D eigenvalue weighted by atomic mass is 10.1. The Labute approximate surface area is 134 Å². The van der Waals surface area contributed by atoms with E-state index in [1.165, 1.54) is 19.2 Å². The van der Waals surface area contributed by atoms with Gasteiger partial charge >= 0.3 is 11.9 Å². The normalized spacial score (nSPS) is 10.0. The minimum Gasteiger partial charge on any atom is -0.465 e. The van der Waals surface area contributed by atoms with Gasteiger partial charge in [0.1, 0.15) is 11.3 Å². The molecule has 0 radical (unpaired) electrons. The van der Waals surface area contributed by atoms with E-state index in [4.69, 9.17) is 9.94 Å². The molecule has 1 aromatic carbocycles. The molecule has 0 heterocycles. The number of amides is 1. The molecule has 126 valence electrons. The fourth-order valence-electron chi connectivity index (χ4n) is 1.97. The van der Waals surface area contributed by atoms with Crippen molar-refractivity contribution in [2.24, 2.45) is 0 Å². The van der Waals surface area contributed by atoms with Gasteiger partial charge in [-0.1, -0.05) is 25.0 Å². The predicted molar refractivity (Wildman–Crippen MR) is 81.0 cm³/mol. The van der Waals surface area contributed by atoms with E-state index in [1.54, 1.807) is 17.6 Å². The minimum absolute atomic E-state index is 0.184. The van der Waals surface area contributed by atoms with Crippen molar-refractivity contribution in [1.29, 1.82) is 0 Å². The van der Waals surface area contributed by atoms with Crippen molar-refractivity contribution in [2.45, 2.75) is 38.5 Å². The number of para-hydroxylation sites is 1. The van der Waals surface area contributed by atoms with Gasteiger partial charge in [-0.05, 0) is 25.0 Å². The Kier molecular flexibility index (Phi) is 8.38. The summed E-state index contributed by atoms with van der Waals surface area (Å²) in [4.78, 5) is 34.1. The van der Waals surface area contributed by atoms with Crippen LogP contribution in [0.5, 0.6) is 5.75 Å². The molecule has 0 unspecified atom stereocenters. The monoisotopic (exact) mass is 323 g/mol. The molecular formula is C16H21NO6. The number of esters is 2. The van der Waals surface area contributed by atoms with Gasteiger partial charge in [0.2, 0.25) is 5.91 Å². The third kappa shape index (κ3) is 6.92.